The molecule has 0 aliphatic heterocycles. The SMILES string of the molecule is C=CC(=O)Nc1cc(Nc2nccc(-n3c(SC)nnc3-c3ccc(F)cc3)n2)c(OC)cc1N(C)CCN(C)C. The lowest BCUT2D eigenvalue weighted by molar-refractivity contribution is -0.111. The van der Waals surface area contributed by atoms with E-state index < -0.39 is 0 Å². The van der Waals surface area contributed by atoms with Crippen LogP contribution in [0.1, 0.15) is 0 Å². The summed E-state index contributed by atoms with van der Waals surface area (Å²) in [5, 5.41) is 15.3. The zero-order valence-electron chi connectivity index (χ0n) is 23.6. The van der Waals surface area contributed by atoms with Crippen molar-refractivity contribution >= 4 is 40.7 Å². The average molecular weight is 578 g/mol. The quantitative estimate of drug-likeness (QED) is 0.185. The molecule has 0 aliphatic rings. The van der Waals surface area contributed by atoms with E-state index in [1.807, 2.05) is 38.4 Å². The van der Waals surface area contributed by atoms with Crippen molar-refractivity contribution in [3.63, 3.8) is 0 Å². The molecule has 1 amide bonds. The molecule has 0 saturated carbocycles. The molecule has 41 heavy (non-hydrogen) atoms. The first kappa shape index (κ1) is 29.5. The Kier molecular flexibility index (Phi) is 9.53. The summed E-state index contributed by atoms with van der Waals surface area (Å²) in [7, 11) is 7.52. The number of hydrogen-bond acceptors (Lipinski definition) is 10. The molecule has 0 saturated heterocycles. The van der Waals surface area contributed by atoms with E-state index in [2.05, 4.69) is 37.3 Å². The third kappa shape index (κ3) is 6.99. The number of methoxy groups -OCH3 is 1. The summed E-state index contributed by atoms with van der Waals surface area (Å²) in [6.07, 6.45) is 4.71. The number of aromatic nitrogens is 5. The highest BCUT2D eigenvalue weighted by Crippen LogP contribution is 2.38. The minimum atomic E-state index is -0.342. The number of likely N-dealkylation sites (N-methyl/N-ethyl adjacent to an activating group) is 2. The minimum absolute atomic E-state index is 0.279. The minimum Gasteiger partial charge on any atom is -0.494 e. The van der Waals surface area contributed by atoms with Gasteiger partial charge in [0.05, 0.1) is 24.2 Å². The second kappa shape index (κ2) is 13.2. The van der Waals surface area contributed by atoms with Crippen LogP contribution >= 0.6 is 11.8 Å². The van der Waals surface area contributed by atoms with Crippen LogP contribution in [-0.4, -0.2) is 83.1 Å². The second-order valence-electron chi connectivity index (χ2n) is 9.20. The number of nitrogens with zero attached hydrogens (tertiary/aromatic N) is 7. The molecule has 214 valence electrons. The Hall–Kier alpha value is -4.49. The molecule has 0 aliphatic carbocycles. The highest BCUT2D eigenvalue weighted by Gasteiger charge is 2.19. The number of nitrogens with one attached hydrogen (secondary N) is 2. The molecule has 2 aromatic heterocycles. The number of anilines is 4. The van der Waals surface area contributed by atoms with Gasteiger partial charge in [0.15, 0.2) is 11.0 Å². The van der Waals surface area contributed by atoms with Crippen molar-refractivity contribution in [3.8, 4) is 23.0 Å². The van der Waals surface area contributed by atoms with Crippen molar-refractivity contribution in [2.45, 2.75) is 5.16 Å². The fourth-order valence-electron chi connectivity index (χ4n) is 3.95. The maximum absolute atomic E-state index is 13.6. The molecule has 0 bridgehead atoms. The van der Waals surface area contributed by atoms with Gasteiger partial charge in [-0.2, -0.15) is 4.98 Å². The van der Waals surface area contributed by atoms with E-state index in [1.54, 1.807) is 42.1 Å². The van der Waals surface area contributed by atoms with E-state index >= 15 is 0 Å². The molecule has 13 heteroatoms. The summed E-state index contributed by atoms with van der Waals surface area (Å²) in [6, 6.07) is 11.4. The van der Waals surface area contributed by atoms with Crippen molar-refractivity contribution < 1.29 is 13.9 Å². The largest absolute Gasteiger partial charge is 0.494 e. The maximum atomic E-state index is 13.6. The monoisotopic (exact) mass is 577 g/mol. The predicted octanol–water partition coefficient (Wildman–Crippen LogP) is 4.46. The maximum Gasteiger partial charge on any atom is 0.247 e. The van der Waals surface area contributed by atoms with E-state index in [0.717, 1.165) is 18.8 Å². The van der Waals surface area contributed by atoms with Gasteiger partial charge >= 0.3 is 0 Å². The molecule has 0 unspecified atom stereocenters. The van der Waals surface area contributed by atoms with Gasteiger partial charge in [-0.3, -0.25) is 9.36 Å². The number of thioether (sulfide) groups is 1. The Balaban J connectivity index is 1.73. The topological polar surface area (TPSA) is 113 Å². The molecule has 0 fully saturated rings. The molecular weight excluding hydrogens is 545 g/mol. The Morgan fingerprint density at radius 2 is 1.88 bits per heavy atom. The van der Waals surface area contributed by atoms with Crippen LogP contribution in [0.2, 0.25) is 0 Å². The molecule has 0 atom stereocenters. The number of rotatable bonds is 12. The zero-order chi connectivity index (χ0) is 29.5. The van der Waals surface area contributed by atoms with Crippen molar-refractivity contribution in [2.75, 3.05) is 63.1 Å². The first-order chi connectivity index (χ1) is 19.7. The third-order valence-electron chi connectivity index (χ3n) is 6.09. The van der Waals surface area contributed by atoms with Crippen LogP contribution in [0.4, 0.5) is 27.4 Å². The van der Waals surface area contributed by atoms with E-state index in [9.17, 15) is 9.18 Å². The van der Waals surface area contributed by atoms with Crippen LogP contribution in [0, 0.1) is 5.82 Å². The van der Waals surface area contributed by atoms with E-state index in [4.69, 9.17) is 9.72 Å². The van der Waals surface area contributed by atoms with Crippen LogP contribution in [-0.2, 0) is 4.79 Å². The van der Waals surface area contributed by atoms with Crippen LogP contribution in [0.25, 0.3) is 17.2 Å². The van der Waals surface area contributed by atoms with Gasteiger partial charge < -0.3 is 25.2 Å². The van der Waals surface area contributed by atoms with Gasteiger partial charge in [0.1, 0.15) is 17.4 Å². The highest BCUT2D eigenvalue weighted by molar-refractivity contribution is 7.98. The van der Waals surface area contributed by atoms with Gasteiger partial charge in [-0.25, -0.2) is 9.37 Å². The standard InChI is InChI=1S/C28H32FN9O2S/c1-7-25(39)31-20-16-21(23(40-5)17-22(20)37(4)15-14-36(2)3)32-27-30-13-12-24(33-27)38-26(34-35-28(38)41-6)18-8-10-19(29)11-9-18/h7-13,16-17H,1,14-15H2,2-6H3,(H,31,39)(H,30,32,33). The van der Waals surface area contributed by atoms with Gasteiger partial charge in [-0.05, 0) is 56.8 Å². The number of ether oxygens (including phenoxy) is 1. The highest BCUT2D eigenvalue weighted by atomic mass is 32.2. The molecule has 0 spiro atoms. The Morgan fingerprint density at radius 3 is 2.54 bits per heavy atom. The Bertz CT molecular complexity index is 1530. The van der Waals surface area contributed by atoms with Gasteiger partial charge in [-0.1, -0.05) is 18.3 Å². The van der Waals surface area contributed by atoms with Crippen LogP contribution in [0.5, 0.6) is 5.75 Å². The fraction of sp³-hybridized carbons (Fsp3) is 0.250. The summed E-state index contributed by atoms with van der Waals surface area (Å²) >= 11 is 1.40. The summed E-state index contributed by atoms with van der Waals surface area (Å²) in [5.74, 6) is 1.15. The summed E-state index contributed by atoms with van der Waals surface area (Å²) in [6.45, 7) is 5.11. The molecule has 2 aromatic carbocycles. The predicted molar refractivity (Wildman–Crippen MR) is 161 cm³/mol. The lowest BCUT2D eigenvalue weighted by Gasteiger charge is -2.26. The van der Waals surface area contributed by atoms with Crippen LogP contribution in [0.15, 0.2) is 66.5 Å². The summed E-state index contributed by atoms with van der Waals surface area (Å²) in [4.78, 5) is 25.5. The molecule has 4 aromatic rings. The first-order valence-electron chi connectivity index (χ1n) is 12.6. The van der Waals surface area contributed by atoms with Gasteiger partial charge in [0.25, 0.3) is 0 Å². The lowest BCUT2D eigenvalue weighted by Crippen LogP contribution is -2.29. The van der Waals surface area contributed by atoms with Crippen molar-refractivity contribution in [1.29, 1.82) is 0 Å². The second-order valence-corrected chi connectivity index (χ2v) is 9.98. The van der Waals surface area contributed by atoms with Gasteiger partial charge in [0.2, 0.25) is 11.9 Å². The number of hydrogen-bond donors (Lipinski definition) is 2. The molecule has 0 radical (unpaired) electrons. The van der Waals surface area contributed by atoms with Crippen LogP contribution < -0.4 is 20.3 Å². The van der Waals surface area contributed by atoms with Crippen molar-refractivity contribution in [1.82, 2.24) is 29.6 Å². The van der Waals surface area contributed by atoms with E-state index in [1.165, 1.54) is 30.0 Å². The van der Waals surface area contributed by atoms with E-state index in [-0.39, 0.29) is 17.7 Å². The smallest absolute Gasteiger partial charge is 0.247 e. The van der Waals surface area contributed by atoms with Crippen molar-refractivity contribution in [3.05, 3.63) is 67.1 Å². The van der Waals surface area contributed by atoms with Gasteiger partial charge in [0, 0.05) is 44.0 Å². The fourth-order valence-corrected chi connectivity index (χ4v) is 4.44. The summed E-state index contributed by atoms with van der Waals surface area (Å²) < 4.78 is 21.0. The van der Waals surface area contributed by atoms with E-state index in [0.29, 0.717) is 39.5 Å². The third-order valence-corrected chi connectivity index (χ3v) is 6.72. The lowest BCUT2D eigenvalue weighted by atomic mass is 10.2. The average Bonchev–Trinajstić information content (AvgIpc) is 3.41. The Morgan fingerprint density at radius 1 is 1.12 bits per heavy atom. The molecular formula is C28H32FN9O2S. The number of carbonyl (C=O) groups is 1. The number of carbonyl (C=O) groups excluding carboxylic acids is 1. The van der Waals surface area contributed by atoms with Crippen molar-refractivity contribution in [2.24, 2.45) is 0 Å². The zero-order valence-corrected chi connectivity index (χ0v) is 24.4. The summed E-state index contributed by atoms with van der Waals surface area (Å²) in [5.41, 5.74) is 2.57. The molecule has 2 heterocycles. The first-order valence-corrected chi connectivity index (χ1v) is 13.8. The van der Waals surface area contributed by atoms with Crippen LogP contribution in [0.3, 0.4) is 0 Å². The number of halogens is 1. The normalized spacial score (nSPS) is 10.9. The Labute approximate surface area is 242 Å². The number of amides is 1. The number of benzene rings is 2. The van der Waals surface area contributed by atoms with Gasteiger partial charge in [-0.15, -0.1) is 10.2 Å². The molecule has 2 N–H and O–H groups in total. The molecule has 11 nitrogen and oxygen atoms in total. The molecule has 4 rings (SSSR count).